The molecule has 0 aliphatic carbocycles. The number of unbranched alkanes of at least 4 members (excludes halogenated alkanes) is 1. The van der Waals surface area contributed by atoms with Gasteiger partial charge in [-0.3, -0.25) is 0 Å². The van der Waals surface area contributed by atoms with Crippen molar-refractivity contribution in [1.82, 2.24) is 14.9 Å². The molecule has 1 heterocycles. The van der Waals surface area contributed by atoms with Crippen LogP contribution in [-0.4, -0.2) is 49.6 Å². The molecular formula is C13H25N3O2. The van der Waals surface area contributed by atoms with Gasteiger partial charge < -0.3 is 19.4 Å². The van der Waals surface area contributed by atoms with Crippen LogP contribution < -0.4 is 5.32 Å². The minimum absolute atomic E-state index is 0.779. The second kappa shape index (κ2) is 11.2. The third-order valence-corrected chi connectivity index (χ3v) is 2.64. The van der Waals surface area contributed by atoms with Crippen LogP contribution in [0.2, 0.25) is 0 Å². The van der Waals surface area contributed by atoms with E-state index in [2.05, 4.69) is 14.9 Å². The van der Waals surface area contributed by atoms with E-state index in [-0.39, 0.29) is 0 Å². The van der Waals surface area contributed by atoms with Crippen LogP contribution in [0.25, 0.3) is 0 Å². The van der Waals surface area contributed by atoms with Crippen molar-refractivity contribution in [3.8, 4) is 0 Å². The van der Waals surface area contributed by atoms with E-state index in [1.807, 2.05) is 18.7 Å². The van der Waals surface area contributed by atoms with E-state index in [1.165, 1.54) is 12.8 Å². The number of nitrogens with zero attached hydrogens (tertiary/aromatic N) is 2. The molecule has 0 saturated carbocycles. The molecule has 1 aromatic rings. The van der Waals surface area contributed by atoms with Crippen LogP contribution in [0.4, 0.5) is 0 Å². The third kappa shape index (κ3) is 8.22. The normalized spacial score (nSPS) is 10.9. The van der Waals surface area contributed by atoms with E-state index in [1.54, 1.807) is 7.11 Å². The number of hydrogen-bond donors (Lipinski definition) is 1. The van der Waals surface area contributed by atoms with E-state index in [9.17, 15) is 0 Å². The zero-order valence-corrected chi connectivity index (χ0v) is 11.3. The van der Waals surface area contributed by atoms with E-state index >= 15 is 0 Å². The van der Waals surface area contributed by atoms with Crippen LogP contribution >= 0.6 is 0 Å². The summed E-state index contributed by atoms with van der Waals surface area (Å²) in [6, 6.07) is 0. The molecule has 0 saturated heterocycles. The number of ether oxygens (including phenoxy) is 2. The highest BCUT2D eigenvalue weighted by Gasteiger charge is 1.92. The summed E-state index contributed by atoms with van der Waals surface area (Å²) in [6.07, 6.45) is 9.02. The summed E-state index contributed by atoms with van der Waals surface area (Å²) in [6.45, 7) is 5.38. The van der Waals surface area contributed by atoms with Crippen molar-refractivity contribution in [2.24, 2.45) is 0 Å². The number of nitrogens with one attached hydrogen (secondary N) is 1. The largest absolute Gasteiger partial charge is 0.385 e. The maximum absolute atomic E-state index is 5.45. The number of aromatic nitrogens is 2. The van der Waals surface area contributed by atoms with E-state index in [4.69, 9.17) is 9.47 Å². The Kier molecular flexibility index (Phi) is 9.42. The quantitative estimate of drug-likeness (QED) is 0.572. The summed E-state index contributed by atoms with van der Waals surface area (Å²) >= 11 is 0. The van der Waals surface area contributed by atoms with Crippen LogP contribution in [0, 0.1) is 0 Å². The zero-order valence-electron chi connectivity index (χ0n) is 11.3. The molecule has 1 rings (SSSR count). The van der Waals surface area contributed by atoms with Crippen LogP contribution in [0.15, 0.2) is 18.7 Å². The Morgan fingerprint density at radius 3 is 2.83 bits per heavy atom. The van der Waals surface area contributed by atoms with Crippen molar-refractivity contribution >= 4 is 0 Å². The number of rotatable bonds is 12. The maximum Gasteiger partial charge on any atom is 0.0945 e. The number of hydrogen-bond acceptors (Lipinski definition) is 4. The van der Waals surface area contributed by atoms with Crippen LogP contribution in [0.3, 0.4) is 0 Å². The van der Waals surface area contributed by atoms with Gasteiger partial charge >= 0.3 is 0 Å². The number of methoxy groups -OCH3 is 1. The van der Waals surface area contributed by atoms with Crippen LogP contribution in [0.5, 0.6) is 0 Å². The molecule has 104 valence electrons. The van der Waals surface area contributed by atoms with Gasteiger partial charge in [0.05, 0.1) is 12.9 Å². The van der Waals surface area contributed by atoms with Gasteiger partial charge in [-0.1, -0.05) is 0 Å². The fourth-order valence-corrected chi connectivity index (χ4v) is 1.64. The lowest BCUT2D eigenvalue weighted by Gasteiger charge is -2.06. The van der Waals surface area contributed by atoms with Gasteiger partial charge in [0.15, 0.2) is 0 Å². The Balaban J connectivity index is 1.73. The van der Waals surface area contributed by atoms with Gasteiger partial charge in [-0.15, -0.1) is 0 Å². The molecule has 0 bridgehead atoms. The van der Waals surface area contributed by atoms with E-state index < -0.39 is 0 Å². The summed E-state index contributed by atoms with van der Waals surface area (Å²) in [5.74, 6) is 0. The zero-order chi connectivity index (χ0) is 12.9. The summed E-state index contributed by atoms with van der Waals surface area (Å²) in [5.41, 5.74) is 0. The molecule has 1 aromatic heterocycles. The fraction of sp³-hybridized carbons (Fsp3) is 0.769. The topological polar surface area (TPSA) is 48.3 Å². The highest BCUT2D eigenvalue weighted by atomic mass is 16.5. The second-order valence-corrected chi connectivity index (χ2v) is 4.22. The second-order valence-electron chi connectivity index (χ2n) is 4.22. The molecule has 0 aromatic carbocycles. The lowest BCUT2D eigenvalue weighted by Crippen LogP contribution is -2.21. The molecule has 0 amide bonds. The van der Waals surface area contributed by atoms with Gasteiger partial charge in [0.25, 0.3) is 0 Å². The molecule has 0 aliphatic heterocycles. The molecule has 5 nitrogen and oxygen atoms in total. The number of aryl methyl sites for hydroxylation is 1. The van der Waals surface area contributed by atoms with Gasteiger partial charge in [0.1, 0.15) is 0 Å². The van der Waals surface area contributed by atoms with Crippen molar-refractivity contribution in [1.29, 1.82) is 0 Å². The summed E-state index contributed by atoms with van der Waals surface area (Å²) in [5, 5.41) is 3.38. The summed E-state index contributed by atoms with van der Waals surface area (Å²) < 4.78 is 12.5. The Bertz CT molecular complexity index is 265. The highest BCUT2D eigenvalue weighted by Crippen LogP contribution is 1.93. The molecule has 0 aliphatic rings. The van der Waals surface area contributed by atoms with Gasteiger partial charge in [-0.2, -0.15) is 0 Å². The number of imidazole rings is 1. The van der Waals surface area contributed by atoms with Crippen molar-refractivity contribution in [3.63, 3.8) is 0 Å². The molecule has 0 radical (unpaired) electrons. The average Bonchev–Trinajstić information content (AvgIpc) is 2.89. The molecular weight excluding hydrogens is 230 g/mol. The molecule has 0 spiro atoms. The van der Waals surface area contributed by atoms with Crippen molar-refractivity contribution in [2.45, 2.75) is 25.8 Å². The first-order valence-corrected chi connectivity index (χ1v) is 6.66. The van der Waals surface area contributed by atoms with Crippen molar-refractivity contribution < 1.29 is 9.47 Å². The van der Waals surface area contributed by atoms with Gasteiger partial charge in [0.2, 0.25) is 0 Å². The first-order valence-electron chi connectivity index (χ1n) is 6.66. The monoisotopic (exact) mass is 255 g/mol. The Hall–Kier alpha value is -0.910. The minimum Gasteiger partial charge on any atom is -0.385 e. The lowest BCUT2D eigenvalue weighted by atomic mass is 10.3. The first-order chi connectivity index (χ1) is 8.93. The minimum atomic E-state index is 0.779. The molecule has 0 atom stereocenters. The van der Waals surface area contributed by atoms with Crippen LogP contribution in [0.1, 0.15) is 19.3 Å². The molecule has 0 fully saturated rings. The van der Waals surface area contributed by atoms with Gasteiger partial charge in [0, 0.05) is 45.8 Å². The smallest absolute Gasteiger partial charge is 0.0945 e. The Morgan fingerprint density at radius 1 is 1.11 bits per heavy atom. The SMILES string of the molecule is COCCCOCCNCCCCn1ccnc1. The Labute approximate surface area is 109 Å². The average molecular weight is 255 g/mol. The van der Waals surface area contributed by atoms with Gasteiger partial charge in [-0.25, -0.2) is 4.98 Å². The van der Waals surface area contributed by atoms with Gasteiger partial charge in [-0.05, 0) is 25.8 Å². The van der Waals surface area contributed by atoms with E-state index in [0.29, 0.717) is 0 Å². The molecule has 0 unspecified atom stereocenters. The predicted molar refractivity (Wildman–Crippen MR) is 71.6 cm³/mol. The molecule has 5 heteroatoms. The van der Waals surface area contributed by atoms with Crippen molar-refractivity contribution in [2.75, 3.05) is 40.0 Å². The summed E-state index contributed by atoms with van der Waals surface area (Å²) in [7, 11) is 1.71. The molecule has 1 N–H and O–H groups in total. The maximum atomic E-state index is 5.45. The Morgan fingerprint density at radius 2 is 2.06 bits per heavy atom. The summed E-state index contributed by atoms with van der Waals surface area (Å²) in [4.78, 5) is 4.01. The first kappa shape index (κ1) is 15.1. The molecule has 18 heavy (non-hydrogen) atoms. The standard InChI is InChI=1S/C13H25N3O2/c1-17-10-4-11-18-12-7-14-5-2-3-8-16-9-6-15-13-16/h6,9,13-14H,2-5,7-8,10-12H2,1H3. The van der Waals surface area contributed by atoms with Crippen molar-refractivity contribution in [3.05, 3.63) is 18.7 Å². The third-order valence-electron chi connectivity index (χ3n) is 2.64. The predicted octanol–water partition coefficient (Wildman–Crippen LogP) is 1.31. The highest BCUT2D eigenvalue weighted by molar-refractivity contribution is 4.73. The lowest BCUT2D eigenvalue weighted by molar-refractivity contribution is 0.104. The van der Waals surface area contributed by atoms with E-state index in [0.717, 1.165) is 45.9 Å². The van der Waals surface area contributed by atoms with Crippen LogP contribution in [-0.2, 0) is 16.0 Å². The fourth-order valence-electron chi connectivity index (χ4n) is 1.64.